The van der Waals surface area contributed by atoms with Gasteiger partial charge in [-0.3, -0.25) is 4.79 Å². The number of hydrogen-bond donors (Lipinski definition) is 0. The maximum atomic E-state index is 13.3. The van der Waals surface area contributed by atoms with Gasteiger partial charge in [-0.05, 0) is 36.8 Å². The third-order valence-electron chi connectivity index (χ3n) is 5.72. The van der Waals surface area contributed by atoms with Gasteiger partial charge in [0.1, 0.15) is 11.4 Å². The van der Waals surface area contributed by atoms with E-state index in [2.05, 4.69) is 30.0 Å². The normalized spacial score (nSPS) is 16.7. The van der Waals surface area contributed by atoms with E-state index in [1.807, 2.05) is 65.0 Å². The van der Waals surface area contributed by atoms with Gasteiger partial charge in [-0.2, -0.15) is 0 Å². The molecule has 0 N–H and O–H groups in total. The Bertz CT molecular complexity index is 996. The van der Waals surface area contributed by atoms with Gasteiger partial charge in [-0.15, -0.1) is 0 Å². The number of amides is 1. The maximum Gasteiger partial charge on any atom is 0.270 e. The van der Waals surface area contributed by atoms with Crippen LogP contribution in [0.15, 0.2) is 66.7 Å². The summed E-state index contributed by atoms with van der Waals surface area (Å²) >= 11 is 0. The SMILES string of the molecule is COc1ccccc1N1CCN(C(=O)c2ccc(-c3ccccc3)n2C)[C@H](C)C1. The van der Waals surface area contributed by atoms with E-state index in [1.165, 1.54) is 0 Å². The smallest absolute Gasteiger partial charge is 0.270 e. The van der Waals surface area contributed by atoms with Crippen molar-refractivity contribution in [3.05, 3.63) is 72.4 Å². The number of carbonyl (C=O) groups excluding carboxylic acids is 1. The Morgan fingerprint density at radius 2 is 1.69 bits per heavy atom. The molecule has 0 unspecified atom stereocenters. The lowest BCUT2D eigenvalue weighted by atomic mass is 10.1. The minimum atomic E-state index is 0.0851. The molecule has 1 fully saturated rings. The minimum Gasteiger partial charge on any atom is -0.495 e. The molecule has 0 saturated carbocycles. The first kappa shape index (κ1) is 19.1. The van der Waals surface area contributed by atoms with E-state index in [4.69, 9.17) is 4.74 Å². The van der Waals surface area contributed by atoms with E-state index in [1.54, 1.807) is 7.11 Å². The molecule has 1 amide bonds. The molecule has 0 aliphatic carbocycles. The van der Waals surface area contributed by atoms with E-state index in [-0.39, 0.29) is 11.9 Å². The molecule has 150 valence electrons. The predicted octanol–water partition coefficient (Wildman–Crippen LogP) is 4.05. The van der Waals surface area contributed by atoms with Gasteiger partial charge >= 0.3 is 0 Å². The molecule has 4 rings (SSSR count). The van der Waals surface area contributed by atoms with Gasteiger partial charge in [0, 0.05) is 38.4 Å². The number of piperazine rings is 1. The first-order valence-electron chi connectivity index (χ1n) is 10.00. The van der Waals surface area contributed by atoms with Gasteiger partial charge in [-0.1, -0.05) is 42.5 Å². The number of hydrogen-bond acceptors (Lipinski definition) is 3. The first-order valence-corrected chi connectivity index (χ1v) is 10.00. The van der Waals surface area contributed by atoms with E-state index >= 15 is 0 Å². The molecule has 1 aliphatic rings. The van der Waals surface area contributed by atoms with Crippen LogP contribution in [0.3, 0.4) is 0 Å². The van der Waals surface area contributed by atoms with Crippen molar-refractivity contribution in [2.75, 3.05) is 31.6 Å². The molecule has 5 heteroatoms. The molecule has 0 radical (unpaired) electrons. The van der Waals surface area contributed by atoms with Crippen LogP contribution >= 0.6 is 0 Å². The third-order valence-corrected chi connectivity index (χ3v) is 5.72. The van der Waals surface area contributed by atoms with Gasteiger partial charge in [0.15, 0.2) is 0 Å². The van der Waals surface area contributed by atoms with Crippen LogP contribution in [0.4, 0.5) is 5.69 Å². The molecule has 2 aromatic carbocycles. The van der Waals surface area contributed by atoms with Crippen LogP contribution < -0.4 is 9.64 Å². The summed E-state index contributed by atoms with van der Waals surface area (Å²) in [5, 5.41) is 0. The lowest BCUT2D eigenvalue weighted by Gasteiger charge is -2.41. The monoisotopic (exact) mass is 389 g/mol. The molecule has 1 aliphatic heterocycles. The standard InChI is InChI=1S/C24H27N3O2/c1-18-17-26(21-11-7-8-12-23(21)29-3)15-16-27(18)24(28)22-14-13-20(25(22)2)19-9-5-4-6-10-19/h4-14,18H,15-17H2,1-3H3/t18-/m1/s1. The highest BCUT2D eigenvalue weighted by Crippen LogP contribution is 2.30. The number of benzene rings is 2. The third kappa shape index (κ3) is 3.60. The van der Waals surface area contributed by atoms with Crippen molar-refractivity contribution in [3.8, 4) is 17.0 Å². The van der Waals surface area contributed by atoms with Crippen molar-refractivity contribution in [3.63, 3.8) is 0 Å². The van der Waals surface area contributed by atoms with Crippen LogP contribution in [0.5, 0.6) is 5.75 Å². The molecule has 1 atom stereocenters. The summed E-state index contributed by atoms with van der Waals surface area (Å²) in [5.41, 5.74) is 3.97. The summed E-state index contributed by atoms with van der Waals surface area (Å²) in [4.78, 5) is 17.6. The Hall–Kier alpha value is -3.21. The second kappa shape index (κ2) is 8.03. The molecule has 2 heterocycles. The van der Waals surface area contributed by atoms with E-state index < -0.39 is 0 Å². The molecular formula is C24H27N3O2. The van der Waals surface area contributed by atoms with Crippen molar-refractivity contribution >= 4 is 11.6 Å². The molecule has 0 spiro atoms. The fraction of sp³-hybridized carbons (Fsp3) is 0.292. The van der Waals surface area contributed by atoms with Gasteiger partial charge in [0.25, 0.3) is 5.91 Å². The summed E-state index contributed by atoms with van der Waals surface area (Å²) in [5.74, 6) is 0.955. The molecule has 1 aromatic heterocycles. The highest BCUT2D eigenvalue weighted by atomic mass is 16.5. The summed E-state index contributed by atoms with van der Waals surface area (Å²) < 4.78 is 7.51. The number of ether oxygens (including phenoxy) is 1. The molecule has 0 bridgehead atoms. The van der Waals surface area contributed by atoms with Gasteiger partial charge < -0.3 is 19.1 Å². The van der Waals surface area contributed by atoms with Crippen LogP contribution in [-0.4, -0.2) is 48.2 Å². The number of anilines is 1. The van der Waals surface area contributed by atoms with Crippen LogP contribution in [-0.2, 0) is 7.05 Å². The largest absolute Gasteiger partial charge is 0.495 e. The number of aromatic nitrogens is 1. The zero-order chi connectivity index (χ0) is 20.4. The summed E-state index contributed by atoms with van der Waals surface area (Å²) in [6.07, 6.45) is 0. The van der Waals surface area contributed by atoms with Crippen molar-refractivity contribution in [1.29, 1.82) is 0 Å². The van der Waals surface area contributed by atoms with Gasteiger partial charge in [0.2, 0.25) is 0 Å². The van der Waals surface area contributed by atoms with Crippen LogP contribution in [0.2, 0.25) is 0 Å². The molecule has 29 heavy (non-hydrogen) atoms. The van der Waals surface area contributed by atoms with Crippen LogP contribution in [0.1, 0.15) is 17.4 Å². The summed E-state index contributed by atoms with van der Waals surface area (Å²) in [6.45, 7) is 4.36. The van der Waals surface area contributed by atoms with E-state index in [9.17, 15) is 4.79 Å². The zero-order valence-corrected chi connectivity index (χ0v) is 17.2. The average Bonchev–Trinajstić information content (AvgIpc) is 3.15. The Labute approximate surface area is 172 Å². The lowest BCUT2D eigenvalue weighted by Crippen LogP contribution is -2.54. The van der Waals surface area contributed by atoms with Crippen molar-refractivity contribution in [1.82, 2.24) is 9.47 Å². The second-order valence-electron chi connectivity index (χ2n) is 7.49. The number of para-hydroxylation sites is 2. The quantitative estimate of drug-likeness (QED) is 0.676. The number of methoxy groups -OCH3 is 1. The average molecular weight is 389 g/mol. The number of carbonyl (C=O) groups is 1. The molecule has 1 saturated heterocycles. The lowest BCUT2D eigenvalue weighted by molar-refractivity contribution is 0.0664. The Kier molecular flexibility index (Phi) is 5.30. The van der Waals surface area contributed by atoms with Gasteiger partial charge in [0.05, 0.1) is 12.8 Å². The van der Waals surface area contributed by atoms with E-state index in [0.29, 0.717) is 6.54 Å². The van der Waals surface area contributed by atoms with Crippen molar-refractivity contribution < 1.29 is 9.53 Å². The number of rotatable bonds is 4. The molecule has 5 nitrogen and oxygen atoms in total. The summed E-state index contributed by atoms with van der Waals surface area (Å²) in [6, 6.07) is 22.3. The maximum absolute atomic E-state index is 13.3. The predicted molar refractivity (Wildman–Crippen MR) is 117 cm³/mol. The van der Waals surface area contributed by atoms with Gasteiger partial charge in [-0.25, -0.2) is 0 Å². The van der Waals surface area contributed by atoms with Crippen molar-refractivity contribution in [2.24, 2.45) is 7.05 Å². The van der Waals surface area contributed by atoms with Crippen LogP contribution in [0, 0.1) is 0 Å². The summed E-state index contributed by atoms with van der Waals surface area (Å²) in [7, 11) is 3.66. The minimum absolute atomic E-state index is 0.0851. The zero-order valence-electron chi connectivity index (χ0n) is 17.2. The first-order chi connectivity index (χ1) is 14.1. The topological polar surface area (TPSA) is 37.7 Å². The highest BCUT2D eigenvalue weighted by Gasteiger charge is 2.30. The van der Waals surface area contributed by atoms with E-state index in [0.717, 1.165) is 41.5 Å². The molecular weight excluding hydrogens is 362 g/mol. The fourth-order valence-electron chi connectivity index (χ4n) is 4.14. The second-order valence-corrected chi connectivity index (χ2v) is 7.49. The van der Waals surface area contributed by atoms with Crippen LogP contribution in [0.25, 0.3) is 11.3 Å². The Morgan fingerprint density at radius 3 is 2.41 bits per heavy atom. The Balaban J connectivity index is 1.52. The van der Waals surface area contributed by atoms with Crippen molar-refractivity contribution in [2.45, 2.75) is 13.0 Å². The highest BCUT2D eigenvalue weighted by molar-refractivity contribution is 5.94. The number of nitrogens with zero attached hydrogens (tertiary/aromatic N) is 3. The fourth-order valence-corrected chi connectivity index (χ4v) is 4.14. The Morgan fingerprint density at radius 1 is 0.966 bits per heavy atom. The molecule has 3 aromatic rings.